The van der Waals surface area contributed by atoms with Crippen LogP contribution in [0.2, 0.25) is 0 Å². The van der Waals surface area contributed by atoms with Gasteiger partial charge in [-0.1, -0.05) is 30.4 Å². The summed E-state index contributed by atoms with van der Waals surface area (Å²) < 4.78 is 5.05. The van der Waals surface area contributed by atoms with Crippen LogP contribution in [0.15, 0.2) is 30.5 Å². The Hall–Kier alpha value is -1.72. The van der Waals surface area contributed by atoms with Crippen molar-refractivity contribution in [2.24, 2.45) is 5.73 Å². The zero-order valence-electron chi connectivity index (χ0n) is 12.3. The summed E-state index contributed by atoms with van der Waals surface area (Å²) in [6.45, 7) is 1.70. The molecule has 0 saturated carbocycles. The first-order valence-electron chi connectivity index (χ1n) is 7.14. The molecule has 3 N–H and O–H groups in total. The number of anilines is 1. The lowest BCUT2D eigenvalue weighted by atomic mass is 10.1. The predicted octanol–water partition coefficient (Wildman–Crippen LogP) is 3.10. The fraction of sp³-hybridized carbons (Fsp3) is 0.375. The molecule has 2 aromatic rings. The van der Waals surface area contributed by atoms with Crippen LogP contribution in [0.3, 0.4) is 0 Å². The third-order valence-electron chi connectivity index (χ3n) is 3.37. The Kier molecular flexibility index (Phi) is 5.90. The van der Waals surface area contributed by atoms with E-state index in [1.54, 1.807) is 13.3 Å². The van der Waals surface area contributed by atoms with Crippen LogP contribution < -0.4 is 11.1 Å². The number of nitrogens with two attached hydrogens (primary N) is 1. The lowest BCUT2D eigenvalue weighted by Crippen LogP contribution is -2.15. The minimum absolute atomic E-state index is 0.370. The molecule has 1 aromatic carbocycles. The van der Waals surface area contributed by atoms with Crippen molar-refractivity contribution >= 4 is 33.8 Å². The molecule has 5 heteroatoms. The van der Waals surface area contributed by atoms with E-state index in [-0.39, 0.29) is 0 Å². The number of methoxy groups -OCH3 is 1. The molecule has 0 unspecified atom stereocenters. The summed E-state index contributed by atoms with van der Waals surface area (Å²) in [5.74, 6) is 0. The normalized spacial score (nSPS) is 10.7. The quantitative estimate of drug-likeness (QED) is 0.579. The Balaban J connectivity index is 2.12. The average molecular weight is 303 g/mol. The number of pyridine rings is 1. The number of nitrogens with one attached hydrogen (secondary N) is 1. The Labute approximate surface area is 130 Å². The highest BCUT2D eigenvalue weighted by atomic mass is 32.1. The van der Waals surface area contributed by atoms with E-state index in [4.69, 9.17) is 22.7 Å². The number of thiocarbonyl (C=S) groups is 1. The molecule has 0 aliphatic rings. The smallest absolute Gasteiger partial charge is 0.107 e. The summed E-state index contributed by atoms with van der Waals surface area (Å²) in [4.78, 5) is 4.78. The predicted molar refractivity (Wildman–Crippen MR) is 91.8 cm³/mol. The van der Waals surface area contributed by atoms with E-state index in [1.165, 1.54) is 0 Å². The van der Waals surface area contributed by atoms with Crippen molar-refractivity contribution < 1.29 is 4.74 Å². The van der Waals surface area contributed by atoms with Crippen LogP contribution in [0.1, 0.15) is 24.8 Å². The second-order valence-electron chi connectivity index (χ2n) is 4.91. The van der Waals surface area contributed by atoms with Crippen LogP contribution in [0.4, 0.5) is 5.69 Å². The molecule has 0 saturated heterocycles. The van der Waals surface area contributed by atoms with E-state index >= 15 is 0 Å². The highest BCUT2D eigenvalue weighted by molar-refractivity contribution is 7.80. The molecule has 1 aromatic heterocycles. The van der Waals surface area contributed by atoms with Gasteiger partial charge in [0.05, 0.1) is 16.8 Å². The largest absolute Gasteiger partial charge is 0.389 e. The molecule has 0 aliphatic heterocycles. The number of nitrogens with zero attached hydrogens (tertiary/aromatic N) is 1. The fourth-order valence-corrected chi connectivity index (χ4v) is 2.43. The summed E-state index contributed by atoms with van der Waals surface area (Å²) in [7, 11) is 1.73. The van der Waals surface area contributed by atoms with Crippen molar-refractivity contribution in [1.29, 1.82) is 0 Å². The van der Waals surface area contributed by atoms with Crippen molar-refractivity contribution in [2.75, 3.05) is 25.6 Å². The maximum absolute atomic E-state index is 5.81. The van der Waals surface area contributed by atoms with E-state index in [9.17, 15) is 0 Å². The first kappa shape index (κ1) is 15.7. The Bertz CT molecular complexity index is 615. The maximum atomic E-state index is 5.81. The monoisotopic (exact) mass is 303 g/mol. The van der Waals surface area contributed by atoms with Gasteiger partial charge in [-0.05, 0) is 25.3 Å². The van der Waals surface area contributed by atoms with Gasteiger partial charge in [0.25, 0.3) is 0 Å². The molecule has 0 radical (unpaired) electrons. The van der Waals surface area contributed by atoms with Gasteiger partial charge in [0.15, 0.2) is 0 Å². The summed E-state index contributed by atoms with van der Waals surface area (Å²) >= 11 is 5.13. The highest BCUT2D eigenvalue weighted by Gasteiger charge is 2.10. The van der Waals surface area contributed by atoms with Crippen molar-refractivity contribution in [3.8, 4) is 0 Å². The van der Waals surface area contributed by atoms with Gasteiger partial charge in [-0.2, -0.15) is 0 Å². The number of fused-ring (bicyclic) bond motifs is 1. The molecule has 2 rings (SSSR count). The van der Waals surface area contributed by atoms with Crippen LogP contribution >= 0.6 is 12.2 Å². The van der Waals surface area contributed by atoms with Crippen molar-refractivity contribution in [2.45, 2.75) is 19.3 Å². The SMILES string of the molecule is COCCCCCNc1c(C(N)=S)cnc2ccccc12. The lowest BCUT2D eigenvalue weighted by molar-refractivity contribution is 0.192. The summed E-state index contributed by atoms with van der Waals surface area (Å²) in [6, 6.07) is 8.00. The minimum Gasteiger partial charge on any atom is -0.389 e. The van der Waals surface area contributed by atoms with Crippen LogP contribution in [-0.4, -0.2) is 30.2 Å². The number of rotatable bonds is 8. The summed E-state index contributed by atoms with van der Waals surface area (Å²) in [5.41, 5.74) is 8.55. The average Bonchev–Trinajstić information content (AvgIpc) is 2.50. The minimum atomic E-state index is 0.370. The molecule has 21 heavy (non-hydrogen) atoms. The molecule has 112 valence electrons. The van der Waals surface area contributed by atoms with Crippen molar-refractivity contribution in [1.82, 2.24) is 4.98 Å². The van der Waals surface area contributed by atoms with Crippen LogP contribution in [0.5, 0.6) is 0 Å². The molecule has 0 atom stereocenters. The molecule has 1 heterocycles. The van der Waals surface area contributed by atoms with Crippen LogP contribution in [0, 0.1) is 0 Å². The second-order valence-corrected chi connectivity index (χ2v) is 5.35. The van der Waals surface area contributed by atoms with E-state index in [1.807, 2.05) is 24.3 Å². The van der Waals surface area contributed by atoms with Crippen LogP contribution in [-0.2, 0) is 4.74 Å². The molecule has 4 nitrogen and oxygen atoms in total. The van der Waals surface area contributed by atoms with Crippen molar-refractivity contribution in [3.05, 3.63) is 36.0 Å². The maximum Gasteiger partial charge on any atom is 0.107 e. The molecule has 0 aliphatic carbocycles. The van der Waals surface area contributed by atoms with Gasteiger partial charge in [-0.3, -0.25) is 4.98 Å². The summed E-state index contributed by atoms with van der Waals surface area (Å²) in [6.07, 6.45) is 5.04. The molecular formula is C16H21N3OS. The molecular weight excluding hydrogens is 282 g/mol. The molecule has 0 bridgehead atoms. The topological polar surface area (TPSA) is 60.2 Å². The number of para-hydroxylation sites is 1. The van der Waals surface area contributed by atoms with E-state index in [0.717, 1.165) is 54.6 Å². The zero-order valence-corrected chi connectivity index (χ0v) is 13.1. The number of aromatic nitrogens is 1. The number of ether oxygens (including phenoxy) is 1. The first-order chi connectivity index (χ1) is 10.2. The number of unbranched alkanes of at least 4 members (excludes halogenated alkanes) is 2. The third-order valence-corrected chi connectivity index (χ3v) is 3.59. The van der Waals surface area contributed by atoms with Crippen molar-refractivity contribution in [3.63, 3.8) is 0 Å². The Morgan fingerprint density at radius 1 is 1.29 bits per heavy atom. The summed E-state index contributed by atoms with van der Waals surface area (Å²) in [5, 5.41) is 4.52. The molecule has 0 spiro atoms. The Morgan fingerprint density at radius 2 is 2.10 bits per heavy atom. The van der Waals surface area contributed by atoms with Crippen LogP contribution in [0.25, 0.3) is 10.9 Å². The number of hydrogen-bond acceptors (Lipinski definition) is 4. The van der Waals surface area contributed by atoms with Gasteiger partial charge in [-0.15, -0.1) is 0 Å². The first-order valence-corrected chi connectivity index (χ1v) is 7.55. The molecule has 0 fully saturated rings. The van der Waals surface area contributed by atoms with E-state index in [0.29, 0.717) is 4.99 Å². The van der Waals surface area contributed by atoms with E-state index < -0.39 is 0 Å². The second kappa shape index (κ2) is 7.90. The number of benzene rings is 1. The van der Waals surface area contributed by atoms with Gasteiger partial charge in [0.1, 0.15) is 4.99 Å². The zero-order chi connectivity index (χ0) is 15.1. The van der Waals surface area contributed by atoms with Gasteiger partial charge in [-0.25, -0.2) is 0 Å². The van der Waals surface area contributed by atoms with E-state index in [2.05, 4.69) is 10.3 Å². The fourth-order valence-electron chi connectivity index (χ4n) is 2.28. The standard InChI is InChI=1S/C16H21N3OS/c1-20-10-6-2-5-9-18-15-12-7-3-4-8-14(12)19-11-13(15)16(17)21/h3-4,7-8,11H,2,5-6,9-10H2,1H3,(H2,17,21)(H,18,19). The highest BCUT2D eigenvalue weighted by Crippen LogP contribution is 2.25. The third kappa shape index (κ3) is 4.12. The van der Waals surface area contributed by atoms with Gasteiger partial charge >= 0.3 is 0 Å². The Morgan fingerprint density at radius 3 is 2.86 bits per heavy atom. The molecule has 0 amide bonds. The lowest BCUT2D eigenvalue weighted by Gasteiger charge is -2.14. The van der Waals surface area contributed by atoms with Gasteiger partial charge in [0.2, 0.25) is 0 Å². The van der Waals surface area contributed by atoms with Gasteiger partial charge < -0.3 is 15.8 Å². The van der Waals surface area contributed by atoms with Gasteiger partial charge in [0, 0.05) is 31.8 Å². The number of hydrogen-bond donors (Lipinski definition) is 2.